The predicted molar refractivity (Wildman–Crippen MR) is 60.6 cm³/mol. The lowest BCUT2D eigenvalue weighted by Gasteiger charge is -2.16. The molecular formula is C10H14BrF3N2O. The molecule has 17 heavy (non-hydrogen) atoms. The molecule has 0 aromatic carbocycles. The van der Waals surface area contributed by atoms with Crippen molar-refractivity contribution < 1.29 is 17.9 Å². The van der Waals surface area contributed by atoms with Crippen LogP contribution in [-0.2, 0) is 17.9 Å². The van der Waals surface area contributed by atoms with E-state index in [1.165, 1.54) is 0 Å². The van der Waals surface area contributed by atoms with E-state index in [1.807, 2.05) is 6.92 Å². The molecule has 1 heterocycles. The molecule has 1 rings (SSSR count). The first kappa shape index (κ1) is 14.5. The van der Waals surface area contributed by atoms with Crippen molar-refractivity contribution in [1.29, 1.82) is 0 Å². The van der Waals surface area contributed by atoms with Crippen LogP contribution in [0.25, 0.3) is 0 Å². The Morgan fingerprint density at radius 3 is 2.53 bits per heavy atom. The van der Waals surface area contributed by atoms with E-state index in [0.29, 0.717) is 16.7 Å². The average molecular weight is 315 g/mol. The van der Waals surface area contributed by atoms with Crippen molar-refractivity contribution in [1.82, 2.24) is 9.78 Å². The molecule has 7 heteroatoms. The fraction of sp³-hybridized carbons (Fsp3) is 0.700. The summed E-state index contributed by atoms with van der Waals surface area (Å²) in [6.07, 6.45) is -6.12. The van der Waals surface area contributed by atoms with Crippen LogP contribution in [0.4, 0.5) is 13.2 Å². The number of nitrogens with zero attached hydrogens (tertiary/aromatic N) is 2. The number of aryl methyl sites for hydroxylation is 2. The minimum Gasteiger partial charge on any atom is -0.363 e. The number of aromatic nitrogens is 2. The van der Waals surface area contributed by atoms with Crippen LogP contribution in [0, 0.1) is 6.92 Å². The third kappa shape index (κ3) is 3.45. The molecule has 98 valence electrons. The van der Waals surface area contributed by atoms with Crippen LogP contribution in [0.15, 0.2) is 4.47 Å². The van der Waals surface area contributed by atoms with Crippen LogP contribution in [0.5, 0.6) is 0 Å². The Labute approximate surface area is 106 Å². The van der Waals surface area contributed by atoms with Crippen molar-refractivity contribution in [2.24, 2.45) is 0 Å². The lowest BCUT2D eigenvalue weighted by atomic mass is 10.3. The molecule has 0 radical (unpaired) electrons. The standard InChI is InChI=1S/C10H14BrF3N2O/c1-4-16-8(9(11)6(2)15-16)5-17-7(3)10(12,13)14/h7H,4-5H2,1-3H3. The van der Waals surface area contributed by atoms with Crippen molar-refractivity contribution in [2.75, 3.05) is 0 Å². The first-order valence-corrected chi connectivity index (χ1v) is 5.96. The van der Waals surface area contributed by atoms with Gasteiger partial charge < -0.3 is 4.74 Å². The molecule has 0 saturated carbocycles. The second kappa shape index (κ2) is 5.39. The van der Waals surface area contributed by atoms with Crippen LogP contribution < -0.4 is 0 Å². The van der Waals surface area contributed by atoms with E-state index in [0.717, 1.165) is 12.6 Å². The van der Waals surface area contributed by atoms with Crippen LogP contribution >= 0.6 is 15.9 Å². The number of hydrogen-bond acceptors (Lipinski definition) is 2. The van der Waals surface area contributed by atoms with Gasteiger partial charge in [0.2, 0.25) is 0 Å². The van der Waals surface area contributed by atoms with Crippen molar-refractivity contribution >= 4 is 15.9 Å². The molecule has 0 fully saturated rings. The summed E-state index contributed by atoms with van der Waals surface area (Å²) in [7, 11) is 0. The van der Waals surface area contributed by atoms with Crippen LogP contribution in [0.1, 0.15) is 25.2 Å². The topological polar surface area (TPSA) is 27.1 Å². The lowest BCUT2D eigenvalue weighted by molar-refractivity contribution is -0.217. The largest absolute Gasteiger partial charge is 0.414 e. The minimum absolute atomic E-state index is 0.115. The van der Waals surface area contributed by atoms with E-state index in [2.05, 4.69) is 21.0 Å². The number of alkyl halides is 3. The van der Waals surface area contributed by atoms with E-state index in [-0.39, 0.29) is 6.61 Å². The van der Waals surface area contributed by atoms with Crippen molar-refractivity contribution in [3.8, 4) is 0 Å². The normalized spacial score (nSPS) is 14.1. The first-order chi connectivity index (χ1) is 7.77. The third-order valence-electron chi connectivity index (χ3n) is 2.38. The molecule has 0 spiro atoms. The maximum absolute atomic E-state index is 12.3. The molecule has 1 aromatic heterocycles. The van der Waals surface area contributed by atoms with Crippen LogP contribution in [0.2, 0.25) is 0 Å². The second-order valence-electron chi connectivity index (χ2n) is 3.66. The quantitative estimate of drug-likeness (QED) is 0.851. The molecular weight excluding hydrogens is 301 g/mol. The highest BCUT2D eigenvalue weighted by Gasteiger charge is 2.37. The van der Waals surface area contributed by atoms with Gasteiger partial charge in [0.1, 0.15) is 0 Å². The fourth-order valence-electron chi connectivity index (χ4n) is 1.31. The Hall–Kier alpha value is -0.560. The summed E-state index contributed by atoms with van der Waals surface area (Å²) < 4.78 is 44.0. The van der Waals surface area contributed by atoms with Gasteiger partial charge in [-0.2, -0.15) is 18.3 Å². The van der Waals surface area contributed by atoms with Gasteiger partial charge in [-0.05, 0) is 36.7 Å². The monoisotopic (exact) mass is 314 g/mol. The predicted octanol–water partition coefficient (Wildman–Crippen LogP) is 3.44. The lowest BCUT2D eigenvalue weighted by Crippen LogP contribution is -2.28. The molecule has 0 saturated heterocycles. The summed E-state index contributed by atoms with van der Waals surface area (Å²) in [6.45, 7) is 5.12. The highest BCUT2D eigenvalue weighted by Crippen LogP contribution is 2.26. The highest BCUT2D eigenvalue weighted by atomic mass is 79.9. The van der Waals surface area contributed by atoms with Gasteiger partial charge in [0.25, 0.3) is 0 Å². The highest BCUT2D eigenvalue weighted by molar-refractivity contribution is 9.10. The first-order valence-electron chi connectivity index (χ1n) is 5.17. The Morgan fingerprint density at radius 2 is 2.06 bits per heavy atom. The molecule has 0 aliphatic rings. The number of hydrogen-bond donors (Lipinski definition) is 0. The van der Waals surface area contributed by atoms with Gasteiger partial charge in [-0.25, -0.2) is 0 Å². The Kier molecular flexibility index (Phi) is 4.60. The van der Waals surface area contributed by atoms with Crippen LogP contribution in [0.3, 0.4) is 0 Å². The Bertz CT molecular complexity index is 390. The van der Waals surface area contributed by atoms with Gasteiger partial charge in [0.15, 0.2) is 6.10 Å². The van der Waals surface area contributed by atoms with Gasteiger partial charge in [-0.15, -0.1) is 0 Å². The maximum atomic E-state index is 12.3. The number of ether oxygens (including phenoxy) is 1. The van der Waals surface area contributed by atoms with Crippen molar-refractivity contribution in [3.05, 3.63) is 15.9 Å². The summed E-state index contributed by atoms with van der Waals surface area (Å²) in [6, 6.07) is 0. The SMILES string of the molecule is CCn1nc(C)c(Br)c1COC(C)C(F)(F)F. The van der Waals surface area contributed by atoms with Crippen LogP contribution in [-0.4, -0.2) is 22.1 Å². The Morgan fingerprint density at radius 1 is 1.47 bits per heavy atom. The molecule has 0 aliphatic heterocycles. The second-order valence-corrected chi connectivity index (χ2v) is 4.45. The smallest absolute Gasteiger partial charge is 0.363 e. The summed E-state index contributed by atoms with van der Waals surface area (Å²) in [5.41, 5.74) is 1.37. The summed E-state index contributed by atoms with van der Waals surface area (Å²) in [5, 5.41) is 4.18. The molecule has 0 amide bonds. The zero-order valence-corrected chi connectivity index (χ0v) is 11.4. The molecule has 1 atom stereocenters. The fourth-order valence-corrected chi connectivity index (χ4v) is 1.70. The van der Waals surface area contributed by atoms with Gasteiger partial charge >= 0.3 is 6.18 Å². The summed E-state index contributed by atoms with van der Waals surface area (Å²) in [4.78, 5) is 0. The van der Waals surface area contributed by atoms with Crippen molar-refractivity contribution in [3.63, 3.8) is 0 Å². The van der Waals surface area contributed by atoms with Gasteiger partial charge in [-0.3, -0.25) is 4.68 Å². The van der Waals surface area contributed by atoms with Crippen molar-refractivity contribution in [2.45, 2.75) is 46.2 Å². The van der Waals surface area contributed by atoms with E-state index in [9.17, 15) is 13.2 Å². The third-order valence-corrected chi connectivity index (χ3v) is 3.42. The molecule has 1 aromatic rings. The molecule has 0 bridgehead atoms. The average Bonchev–Trinajstić information content (AvgIpc) is 2.50. The zero-order chi connectivity index (χ0) is 13.2. The Balaban J connectivity index is 2.76. The maximum Gasteiger partial charge on any atom is 0.414 e. The van der Waals surface area contributed by atoms with Gasteiger partial charge in [-0.1, -0.05) is 0 Å². The minimum atomic E-state index is -4.33. The zero-order valence-electron chi connectivity index (χ0n) is 9.81. The van der Waals surface area contributed by atoms with Gasteiger partial charge in [0, 0.05) is 6.54 Å². The number of halogens is 4. The molecule has 1 unspecified atom stereocenters. The number of rotatable bonds is 4. The summed E-state index contributed by atoms with van der Waals surface area (Å²) >= 11 is 3.30. The van der Waals surface area contributed by atoms with E-state index >= 15 is 0 Å². The molecule has 3 nitrogen and oxygen atoms in total. The van der Waals surface area contributed by atoms with E-state index in [1.54, 1.807) is 11.6 Å². The molecule has 0 aliphatic carbocycles. The van der Waals surface area contributed by atoms with E-state index in [4.69, 9.17) is 4.74 Å². The summed E-state index contributed by atoms with van der Waals surface area (Å²) in [5.74, 6) is 0. The van der Waals surface area contributed by atoms with Gasteiger partial charge in [0.05, 0.1) is 22.5 Å². The van der Waals surface area contributed by atoms with E-state index < -0.39 is 12.3 Å². The molecule has 0 N–H and O–H groups in total.